The van der Waals surface area contributed by atoms with Crippen LogP contribution >= 0.6 is 0 Å². The van der Waals surface area contributed by atoms with Crippen molar-refractivity contribution in [3.63, 3.8) is 0 Å². The number of benzene rings is 1. The lowest BCUT2D eigenvalue weighted by atomic mass is 10.2. The van der Waals surface area contributed by atoms with Crippen molar-refractivity contribution in [1.82, 2.24) is 15.0 Å². The summed E-state index contributed by atoms with van der Waals surface area (Å²) < 4.78 is 13.1. The van der Waals surface area contributed by atoms with Gasteiger partial charge in [0.25, 0.3) is 0 Å². The van der Waals surface area contributed by atoms with Gasteiger partial charge in [0.2, 0.25) is 0 Å². The molecule has 5 heteroatoms. The van der Waals surface area contributed by atoms with Crippen molar-refractivity contribution < 1.29 is 4.39 Å². The van der Waals surface area contributed by atoms with Gasteiger partial charge in [-0.05, 0) is 18.2 Å². The summed E-state index contributed by atoms with van der Waals surface area (Å²) in [6.45, 7) is 0. The summed E-state index contributed by atoms with van der Waals surface area (Å²) in [4.78, 5) is 12.3. The molecule has 18 heavy (non-hydrogen) atoms. The molecule has 1 aromatic carbocycles. The standard InChI is InChI=1S/C13H9FN4/c14-9-5-8(6-16-7-9)13-17-11-4-2-1-3-10(11)12(15)18-13/h1-7H,(H2,15,17,18). The number of pyridine rings is 1. The molecule has 0 amide bonds. The summed E-state index contributed by atoms with van der Waals surface area (Å²) >= 11 is 0. The predicted molar refractivity (Wildman–Crippen MR) is 67.1 cm³/mol. The number of para-hydroxylation sites is 1. The van der Waals surface area contributed by atoms with E-state index in [2.05, 4.69) is 15.0 Å². The molecule has 0 saturated carbocycles. The Labute approximate surface area is 102 Å². The fourth-order valence-electron chi connectivity index (χ4n) is 1.76. The Kier molecular flexibility index (Phi) is 2.37. The minimum atomic E-state index is -0.428. The maximum Gasteiger partial charge on any atom is 0.163 e. The Morgan fingerprint density at radius 3 is 2.72 bits per heavy atom. The highest BCUT2D eigenvalue weighted by molar-refractivity contribution is 5.89. The normalized spacial score (nSPS) is 10.7. The van der Waals surface area contributed by atoms with Gasteiger partial charge in [0.1, 0.15) is 11.6 Å². The van der Waals surface area contributed by atoms with Crippen LogP contribution in [-0.2, 0) is 0 Å². The van der Waals surface area contributed by atoms with Crippen molar-refractivity contribution in [2.75, 3.05) is 5.73 Å². The summed E-state index contributed by atoms with van der Waals surface area (Å²) in [5.41, 5.74) is 7.10. The molecule has 2 heterocycles. The highest BCUT2D eigenvalue weighted by atomic mass is 19.1. The maximum absolute atomic E-state index is 13.1. The van der Waals surface area contributed by atoms with Crippen molar-refractivity contribution in [2.24, 2.45) is 0 Å². The van der Waals surface area contributed by atoms with Crippen LogP contribution in [-0.4, -0.2) is 15.0 Å². The summed E-state index contributed by atoms with van der Waals surface area (Å²) in [5.74, 6) is 0.320. The van der Waals surface area contributed by atoms with Gasteiger partial charge in [-0.3, -0.25) is 4.98 Å². The molecular formula is C13H9FN4. The summed E-state index contributed by atoms with van der Waals surface area (Å²) in [6.07, 6.45) is 2.64. The van der Waals surface area contributed by atoms with Crippen molar-refractivity contribution in [2.45, 2.75) is 0 Å². The first-order valence-electron chi connectivity index (χ1n) is 5.37. The number of hydrogen-bond acceptors (Lipinski definition) is 4. The first-order chi connectivity index (χ1) is 8.74. The van der Waals surface area contributed by atoms with Gasteiger partial charge in [-0.15, -0.1) is 0 Å². The van der Waals surface area contributed by atoms with Crippen LogP contribution in [0.1, 0.15) is 0 Å². The van der Waals surface area contributed by atoms with E-state index in [9.17, 15) is 4.39 Å². The van der Waals surface area contributed by atoms with Gasteiger partial charge in [-0.2, -0.15) is 0 Å². The predicted octanol–water partition coefficient (Wildman–Crippen LogP) is 2.41. The zero-order valence-electron chi connectivity index (χ0n) is 9.34. The Morgan fingerprint density at radius 2 is 1.89 bits per heavy atom. The number of aromatic nitrogens is 3. The summed E-state index contributed by atoms with van der Waals surface area (Å²) in [7, 11) is 0. The molecule has 0 aliphatic rings. The molecule has 0 aliphatic carbocycles. The largest absolute Gasteiger partial charge is 0.383 e. The average molecular weight is 240 g/mol. The lowest BCUT2D eigenvalue weighted by molar-refractivity contribution is 0.622. The minimum Gasteiger partial charge on any atom is -0.383 e. The number of nitrogen functional groups attached to an aromatic ring is 1. The zero-order chi connectivity index (χ0) is 12.5. The van der Waals surface area contributed by atoms with Crippen LogP contribution in [0.4, 0.5) is 10.2 Å². The Hall–Kier alpha value is -2.56. The van der Waals surface area contributed by atoms with Crippen LogP contribution in [0.2, 0.25) is 0 Å². The van der Waals surface area contributed by atoms with Crippen molar-refractivity contribution in [3.8, 4) is 11.4 Å². The van der Waals surface area contributed by atoms with Crippen LogP contribution < -0.4 is 5.73 Å². The molecule has 0 atom stereocenters. The molecule has 3 rings (SSSR count). The van der Waals surface area contributed by atoms with E-state index in [1.54, 1.807) is 0 Å². The number of rotatable bonds is 1. The molecule has 3 aromatic rings. The van der Waals surface area contributed by atoms with Crippen molar-refractivity contribution >= 4 is 16.7 Å². The number of anilines is 1. The lowest BCUT2D eigenvalue weighted by Gasteiger charge is -2.04. The maximum atomic E-state index is 13.1. The molecule has 0 saturated heterocycles. The number of fused-ring (bicyclic) bond motifs is 1. The second kappa shape index (κ2) is 4.03. The molecule has 0 fully saturated rings. The van der Waals surface area contributed by atoms with Gasteiger partial charge in [-0.1, -0.05) is 12.1 Å². The number of halogens is 1. The summed E-state index contributed by atoms with van der Waals surface area (Å²) in [5, 5.41) is 0.783. The third-order valence-corrected chi connectivity index (χ3v) is 2.60. The Bertz CT molecular complexity index is 727. The van der Waals surface area contributed by atoms with E-state index in [0.29, 0.717) is 17.2 Å². The molecule has 0 aliphatic heterocycles. The smallest absolute Gasteiger partial charge is 0.163 e. The van der Waals surface area contributed by atoms with Crippen LogP contribution in [0.25, 0.3) is 22.3 Å². The average Bonchev–Trinajstić information content (AvgIpc) is 2.39. The van der Waals surface area contributed by atoms with Crippen molar-refractivity contribution in [1.29, 1.82) is 0 Å². The third-order valence-electron chi connectivity index (χ3n) is 2.60. The van der Waals surface area contributed by atoms with Crippen molar-refractivity contribution in [3.05, 3.63) is 48.5 Å². The van der Waals surface area contributed by atoms with E-state index in [-0.39, 0.29) is 0 Å². The second-order valence-corrected chi connectivity index (χ2v) is 3.84. The van der Waals surface area contributed by atoms with E-state index in [0.717, 1.165) is 17.1 Å². The fraction of sp³-hybridized carbons (Fsp3) is 0. The van der Waals surface area contributed by atoms with Crippen LogP contribution in [0.15, 0.2) is 42.7 Å². The SMILES string of the molecule is Nc1nc(-c2cncc(F)c2)nc2ccccc12. The second-order valence-electron chi connectivity index (χ2n) is 3.84. The number of nitrogens with zero attached hydrogens (tertiary/aromatic N) is 3. The van der Waals surface area contributed by atoms with E-state index < -0.39 is 5.82 Å². The first kappa shape index (κ1) is 10.6. The highest BCUT2D eigenvalue weighted by Crippen LogP contribution is 2.22. The van der Waals surface area contributed by atoms with Crippen LogP contribution in [0.3, 0.4) is 0 Å². The van der Waals surface area contributed by atoms with E-state index in [1.807, 2.05) is 24.3 Å². The first-order valence-corrected chi connectivity index (χ1v) is 5.37. The Morgan fingerprint density at radius 1 is 1.06 bits per heavy atom. The number of hydrogen-bond donors (Lipinski definition) is 1. The van der Waals surface area contributed by atoms with E-state index in [4.69, 9.17) is 5.73 Å². The molecule has 2 N–H and O–H groups in total. The highest BCUT2D eigenvalue weighted by Gasteiger charge is 2.07. The molecule has 0 bridgehead atoms. The molecular weight excluding hydrogens is 231 g/mol. The zero-order valence-corrected chi connectivity index (χ0v) is 9.34. The molecule has 2 aromatic heterocycles. The third kappa shape index (κ3) is 1.75. The molecule has 0 radical (unpaired) electrons. The number of nitrogens with two attached hydrogens (primary N) is 1. The van der Waals surface area contributed by atoms with E-state index >= 15 is 0 Å². The minimum absolute atomic E-state index is 0.373. The van der Waals surface area contributed by atoms with Gasteiger partial charge in [-0.25, -0.2) is 14.4 Å². The fourth-order valence-corrected chi connectivity index (χ4v) is 1.76. The monoisotopic (exact) mass is 240 g/mol. The molecule has 0 spiro atoms. The quantitative estimate of drug-likeness (QED) is 0.709. The summed E-state index contributed by atoms with van der Waals surface area (Å²) in [6, 6.07) is 8.74. The molecule has 0 unspecified atom stereocenters. The topological polar surface area (TPSA) is 64.7 Å². The Balaban J connectivity index is 2.24. The lowest BCUT2D eigenvalue weighted by Crippen LogP contribution is -1.98. The molecule has 88 valence electrons. The van der Waals surface area contributed by atoms with Gasteiger partial charge in [0, 0.05) is 17.1 Å². The van der Waals surface area contributed by atoms with Crippen LogP contribution in [0, 0.1) is 5.82 Å². The van der Waals surface area contributed by atoms with E-state index in [1.165, 1.54) is 12.3 Å². The van der Waals surface area contributed by atoms with Gasteiger partial charge in [0.15, 0.2) is 5.82 Å². The van der Waals surface area contributed by atoms with Gasteiger partial charge >= 0.3 is 0 Å². The molecule has 4 nitrogen and oxygen atoms in total. The van der Waals surface area contributed by atoms with Gasteiger partial charge in [0.05, 0.1) is 11.7 Å². The van der Waals surface area contributed by atoms with Crippen LogP contribution in [0.5, 0.6) is 0 Å². The van der Waals surface area contributed by atoms with Gasteiger partial charge < -0.3 is 5.73 Å².